The summed E-state index contributed by atoms with van der Waals surface area (Å²) >= 11 is 0. The van der Waals surface area contributed by atoms with Crippen LogP contribution in [-0.2, 0) is 28.6 Å². The number of amides is 1. The lowest BCUT2D eigenvalue weighted by atomic mass is 9.96. The molecule has 21 heavy (non-hydrogen) atoms. The van der Waals surface area contributed by atoms with E-state index in [4.69, 9.17) is 14.2 Å². The smallest absolute Gasteiger partial charge is 0.305 e. The molecule has 0 aliphatic carbocycles. The fraction of sp³-hybridized carbons (Fsp3) is 0.750. The Labute approximate surface area is 121 Å². The minimum absolute atomic E-state index is 0.493. The van der Waals surface area contributed by atoms with Crippen molar-refractivity contribution in [3.05, 3.63) is 0 Å². The Morgan fingerprint density at radius 1 is 1.14 bits per heavy atom. The monoisotopic (exact) mass is 305 g/mol. The van der Waals surface area contributed by atoms with Crippen molar-refractivity contribution in [3.63, 3.8) is 0 Å². The second-order valence-electron chi connectivity index (χ2n) is 4.63. The van der Waals surface area contributed by atoms with Gasteiger partial charge in [-0.1, -0.05) is 0 Å². The SMILES string of the molecule is CC(=O)N[C@@H]1[C@@H](OC(C)=O)O[C@H](CO)[C@@H](O)[C@@H]1OC(C)=O. The van der Waals surface area contributed by atoms with Crippen molar-refractivity contribution in [1.29, 1.82) is 0 Å². The average Bonchev–Trinajstić information content (AvgIpc) is 2.35. The Morgan fingerprint density at radius 3 is 2.14 bits per heavy atom. The van der Waals surface area contributed by atoms with E-state index in [1.807, 2.05) is 0 Å². The molecule has 1 saturated heterocycles. The fourth-order valence-corrected chi connectivity index (χ4v) is 2.05. The van der Waals surface area contributed by atoms with E-state index in [0.29, 0.717) is 0 Å². The molecule has 1 amide bonds. The first-order chi connectivity index (χ1) is 9.76. The van der Waals surface area contributed by atoms with Crippen LogP contribution in [0.15, 0.2) is 0 Å². The molecule has 1 heterocycles. The van der Waals surface area contributed by atoms with Gasteiger partial charge in [-0.15, -0.1) is 0 Å². The third-order valence-electron chi connectivity index (χ3n) is 2.81. The molecule has 1 aliphatic heterocycles. The van der Waals surface area contributed by atoms with Gasteiger partial charge < -0.3 is 29.7 Å². The van der Waals surface area contributed by atoms with Gasteiger partial charge in [-0.3, -0.25) is 14.4 Å². The van der Waals surface area contributed by atoms with Gasteiger partial charge in [-0.05, 0) is 0 Å². The molecular formula is C12H19NO8. The summed E-state index contributed by atoms with van der Waals surface area (Å²) in [5.74, 6) is -1.88. The summed E-state index contributed by atoms with van der Waals surface area (Å²) in [6.45, 7) is 2.89. The summed E-state index contributed by atoms with van der Waals surface area (Å²) in [5.41, 5.74) is 0. The molecule has 0 aromatic heterocycles. The van der Waals surface area contributed by atoms with Gasteiger partial charge in [-0.25, -0.2) is 0 Å². The van der Waals surface area contributed by atoms with E-state index in [2.05, 4.69) is 5.32 Å². The summed E-state index contributed by atoms with van der Waals surface area (Å²) in [5, 5.41) is 21.6. The molecule has 0 unspecified atom stereocenters. The van der Waals surface area contributed by atoms with E-state index < -0.39 is 55.1 Å². The zero-order valence-corrected chi connectivity index (χ0v) is 11.9. The molecule has 3 N–H and O–H groups in total. The van der Waals surface area contributed by atoms with E-state index in [9.17, 15) is 24.6 Å². The number of carbonyl (C=O) groups is 3. The average molecular weight is 305 g/mol. The maximum atomic E-state index is 11.3. The minimum atomic E-state index is -1.39. The highest BCUT2D eigenvalue weighted by Gasteiger charge is 2.49. The highest BCUT2D eigenvalue weighted by molar-refractivity contribution is 5.73. The second-order valence-corrected chi connectivity index (χ2v) is 4.63. The van der Waals surface area contributed by atoms with Crippen molar-refractivity contribution < 1.29 is 38.8 Å². The summed E-state index contributed by atoms with van der Waals surface area (Å²) in [6.07, 6.45) is -5.02. The van der Waals surface area contributed by atoms with Crippen molar-refractivity contribution >= 4 is 17.8 Å². The van der Waals surface area contributed by atoms with Gasteiger partial charge in [0.05, 0.1) is 6.61 Å². The molecule has 0 spiro atoms. The topological polar surface area (TPSA) is 131 Å². The summed E-state index contributed by atoms with van der Waals surface area (Å²) in [6, 6.07) is -1.09. The minimum Gasteiger partial charge on any atom is -0.457 e. The summed E-state index contributed by atoms with van der Waals surface area (Å²) < 4.78 is 15.1. The first-order valence-corrected chi connectivity index (χ1v) is 6.32. The number of ether oxygens (including phenoxy) is 3. The van der Waals surface area contributed by atoms with E-state index in [1.54, 1.807) is 0 Å². The van der Waals surface area contributed by atoms with Gasteiger partial charge in [0.25, 0.3) is 0 Å². The Kier molecular flexibility index (Phi) is 6.06. The maximum Gasteiger partial charge on any atom is 0.305 e. The van der Waals surface area contributed by atoms with Crippen LogP contribution < -0.4 is 5.32 Å². The number of aliphatic hydroxyl groups excluding tert-OH is 2. The van der Waals surface area contributed by atoms with Crippen molar-refractivity contribution in [2.24, 2.45) is 0 Å². The van der Waals surface area contributed by atoms with Crippen LogP contribution in [0.1, 0.15) is 20.8 Å². The Bertz CT molecular complexity index is 412. The van der Waals surface area contributed by atoms with Crippen LogP contribution in [0.3, 0.4) is 0 Å². The van der Waals surface area contributed by atoms with Gasteiger partial charge in [0.2, 0.25) is 12.2 Å². The third-order valence-corrected chi connectivity index (χ3v) is 2.81. The van der Waals surface area contributed by atoms with Crippen LogP contribution in [0.5, 0.6) is 0 Å². The number of esters is 2. The third kappa shape index (κ3) is 4.66. The highest BCUT2D eigenvalue weighted by atomic mass is 16.7. The summed E-state index contributed by atoms with van der Waals surface area (Å²) in [4.78, 5) is 33.5. The van der Waals surface area contributed by atoms with Crippen LogP contribution in [0.25, 0.3) is 0 Å². The molecule has 1 aliphatic rings. The van der Waals surface area contributed by atoms with Gasteiger partial charge in [0, 0.05) is 20.8 Å². The first kappa shape index (κ1) is 17.3. The Balaban J connectivity index is 3.05. The number of aliphatic hydroxyl groups is 2. The van der Waals surface area contributed by atoms with Crippen molar-refractivity contribution in [3.8, 4) is 0 Å². The lowest BCUT2D eigenvalue weighted by molar-refractivity contribution is -0.265. The van der Waals surface area contributed by atoms with Crippen LogP contribution in [0.2, 0.25) is 0 Å². The van der Waals surface area contributed by atoms with Crippen molar-refractivity contribution in [2.75, 3.05) is 6.61 Å². The molecule has 1 fully saturated rings. The summed E-state index contributed by atoms with van der Waals surface area (Å²) in [7, 11) is 0. The molecule has 9 nitrogen and oxygen atoms in total. The van der Waals surface area contributed by atoms with Crippen LogP contribution >= 0.6 is 0 Å². The zero-order valence-electron chi connectivity index (χ0n) is 11.9. The fourth-order valence-electron chi connectivity index (χ4n) is 2.05. The maximum absolute atomic E-state index is 11.3. The van der Waals surface area contributed by atoms with E-state index in [-0.39, 0.29) is 0 Å². The molecule has 0 aromatic carbocycles. The lowest BCUT2D eigenvalue weighted by Crippen LogP contribution is -2.65. The normalized spacial score (nSPS) is 32.1. The molecule has 0 radical (unpaired) electrons. The van der Waals surface area contributed by atoms with Crippen LogP contribution in [-0.4, -0.2) is 65.3 Å². The molecule has 5 atom stereocenters. The Morgan fingerprint density at radius 2 is 1.71 bits per heavy atom. The number of nitrogens with one attached hydrogen (secondary N) is 1. The largest absolute Gasteiger partial charge is 0.457 e. The molecule has 0 aromatic rings. The predicted molar refractivity (Wildman–Crippen MR) is 66.7 cm³/mol. The standard InChI is InChI=1S/C12H19NO8/c1-5(15)13-9-11(19-6(2)16)10(18)8(4-14)21-12(9)20-7(3)17/h8-12,14,18H,4H2,1-3H3,(H,13,15)/t8-,9+,10-,11-,12+/m1/s1. The van der Waals surface area contributed by atoms with Crippen molar-refractivity contribution in [2.45, 2.75) is 51.4 Å². The van der Waals surface area contributed by atoms with Gasteiger partial charge >= 0.3 is 11.9 Å². The van der Waals surface area contributed by atoms with E-state index in [1.165, 1.54) is 6.92 Å². The van der Waals surface area contributed by atoms with Gasteiger partial charge in [-0.2, -0.15) is 0 Å². The van der Waals surface area contributed by atoms with E-state index >= 15 is 0 Å². The molecule has 0 saturated carbocycles. The number of hydrogen-bond acceptors (Lipinski definition) is 8. The number of rotatable bonds is 4. The molecule has 9 heteroatoms. The highest BCUT2D eigenvalue weighted by Crippen LogP contribution is 2.24. The number of carbonyl (C=O) groups excluding carboxylic acids is 3. The Hall–Kier alpha value is -1.71. The lowest BCUT2D eigenvalue weighted by Gasteiger charge is -2.42. The first-order valence-electron chi connectivity index (χ1n) is 6.32. The zero-order chi connectivity index (χ0) is 16.2. The number of hydrogen-bond donors (Lipinski definition) is 3. The van der Waals surface area contributed by atoms with Gasteiger partial charge in [0.1, 0.15) is 18.2 Å². The van der Waals surface area contributed by atoms with Gasteiger partial charge in [0.15, 0.2) is 6.10 Å². The predicted octanol–water partition coefficient (Wildman–Crippen LogP) is -1.94. The van der Waals surface area contributed by atoms with Crippen LogP contribution in [0.4, 0.5) is 0 Å². The quantitative estimate of drug-likeness (QED) is 0.511. The second kappa shape index (κ2) is 7.34. The van der Waals surface area contributed by atoms with E-state index in [0.717, 1.165) is 13.8 Å². The molecule has 1 rings (SSSR count). The molecular weight excluding hydrogens is 286 g/mol. The van der Waals surface area contributed by atoms with Crippen LogP contribution in [0, 0.1) is 0 Å². The van der Waals surface area contributed by atoms with Crippen molar-refractivity contribution in [1.82, 2.24) is 5.32 Å². The molecule has 120 valence electrons. The molecule has 0 bridgehead atoms.